The molecule has 0 aliphatic carbocycles. The second kappa shape index (κ2) is 10.6. The molecule has 0 unspecified atom stereocenters. The number of aliphatic hydroxyl groups is 2. The fourth-order valence-corrected chi connectivity index (χ4v) is 3.09. The summed E-state index contributed by atoms with van der Waals surface area (Å²) in [5.41, 5.74) is 10.1. The van der Waals surface area contributed by atoms with Crippen molar-refractivity contribution < 1.29 is 14.6 Å². The topological polar surface area (TPSA) is 92.5 Å². The van der Waals surface area contributed by atoms with E-state index in [0.717, 1.165) is 35.2 Å². The van der Waals surface area contributed by atoms with Crippen LogP contribution in [0.4, 0.5) is 0 Å². The minimum absolute atomic E-state index is 0. The molecule has 4 N–H and O–H groups in total. The van der Waals surface area contributed by atoms with Gasteiger partial charge in [0.25, 0.3) is 0 Å². The summed E-state index contributed by atoms with van der Waals surface area (Å²) in [5.74, 6) is 0.612. The Labute approximate surface area is 178 Å². The average Bonchev–Trinajstić information content (AvgIpc) is 3.23. The number of hydrogen-bond acceptors (Lipinski definition) is 5. The first-order chi connectivity index (χ1) is 13.6. The van der Waals surface area contributed by atoms with E-state index in [0.29, 0.717) is 18.7 Å². The Morgan fingerprint density at radius 1 is 0.897 bits per heavy atom. The van der Waals surface area contributed by atoms with Gasteiger partial charge in [-0.15, -0.1) is 12.4 Å². The molecule has 0 bridgehead atoms. The number of aliphatic hydroxyl groups excluding tert-OH is 2. The summed E-state index contributed by atoms with van der Waals surface area (Å²) in [6.07, 6.45) is 5.08. The lowest BCUT2D eigenvalue weighted by atomic mass is 9.93. The Balaban J connectivity index is 0.00000300. The van der Waals surface area contributed by atoms with Crippen LogP contribution < -0.4 is 5.73 Å². The van der Waals surface area contributed by atoms with Crippen LogP contribution in [0.3, 0.4) is 0 Å². The fraction of sp³-hybridized carbons (Fsp3) is 0.348. The van der Waals surface area contributed by atoms with Crippen LogP contribution in [0.25, 0.3) is 22.7 Å². The van der Waals surface area contributed by atoms with Gasteiger partial charge in [-0.05, 0) is 42.5 Å². The molecule has 0 fully saturated rings. The van der Waals surface area contributed by atoms with E-state index in [1.54, 1.807) is 6.26 Å². The first kappa shape index (κ1) is 23.1. The second-order valence-corrected chi connectivity index (χ2v) is 7.36. The number of halogens is 1. The summed E-state index contributed by atoms with van der Waals surface area (Å²) >= 11 is 0. The summed E-state index contributed by atoms with van der Waals surface area (Å²) < 4.78 is 5.67. The molecule has 156 valence electrons. The number of hydrogen-bond donors (Lipinski definition) is 3. The van der Waals surface area contributed by atoms with Crippen LogP contribution in [-0.4, -0.2) is 33.9 Å². The van der Waals surface area contributed by atoms with Crippen molar-refractivity contribution in [2.75, 3.05) is 13.2 Å². The fourth-order valence-electron chi connectivity index (χ4n) is 3.09. The Morgan fingerprint density at radius 2 is 1.45 bits per heavy atom. The zero-order chi connectivity index (χ0) is 20.0. The van der Waals surface area contributed by atoms with Gasteiger partial charge in [0.2, 0.25) is 5.89 Å². The molecule has 3 aromatic rings. The van der Waals surface area contributed by atoms with Crippen LogP contribution in [0.5, 0.6) is 0 Å². The molecule has 0 radical (unpaired) electrons. The van der Waals surface area contributed by atoms with Gasteiger partial charge < -0.3 is 20.4 Å². The van der Waals surface area contributed by atoms with Crippen molar-refractivity contribution in [3.05, 3.63) is 65.9 Å². The van der Waals surface area contributed by atoms with Crippen LogP contribution in [0, 0.1) is 0 Å². The molecule has 1 aromatic heterocycles. The van der Waals surface area contributed by atoms with Crippen molar-refractivity contribution in [3.8, 4) is 22.7 Å². The van der Waals surface area contributed by atoms with Crippen molar-refractivity contribution in [1.82, 2.24) is 4.98 Å². The molecule has 0 amide bonds. The Bertz CT molecular complexity index is 872. The summed E-state index contributed by atoms with van der Waals surface area (Å²) in [6, 6.07) is 16.4. The summed E-state index contributed by atoms with van der Waals surface area (Å²) in [6.45, 7) is 1.71. The number of oxazole rings is 1. The van der Waals surface area contributed by atoms with E-state index >= 15 is 0 Å². The smallest absolute Gasteiger partial charge is 0.226 e. The van der Waals surface area contributed by atoms with E-state index in [9.17, 15) is 10.2 Å². The zero-order valence-corrected chi connectivity index (χ0v) is 17.5. The molecule has 29 heavy (non-hydrogen) atoms. The summed E-state index contributed by atoms with van der Waals surface area (Å²) in [7, 11) is 0. The monoisotopic (exact) mass is 416 g/mol. The summed E-state index contributed by atoms with van der Waals surface area (Å²) in [5, 5.41) is 18.6. The van der Waals surface area contributed by atoms with Crippen molar-refractivity contribution in [3.63, 3.8) is 0 Å². The average molecular weight is 417 g/mol. The van der Waals surface area contributed by atoms with Crippen molar-refractivity contribution in [1.29, 1.82) is 0 Å². The van der Waals surface area contributed by atoms with Gasteiger partial charge >= 0.3 is 0 Å². The Hall–Kier alpha value is -2.18. The molecule has 0 aliphatic heterocycles. The molecule has 0 saturated heterocycles. The lowest BCUT2D eigenvalue weighted by Gasteiger charge is -2.24. The predicted molar refractivity (Wildman–Crippen MR) is 118 cm³/mol. The van der Waals surface area contributed by atoms with Crippen molar-refractivity contribution >= 4 is 12.4 Å². The lowest BCUT2D eigenvalue weighted by Crippen LogP contribution is -2.47. The number of benzene rings is 2. The normalized spacial score (nSPS) is 11.3. The maximum atomic E-state index is 9.29. The molecular weight excluding hydrogens is 388 g/mol. The lowest BCUT2D eigenvalue weighted by molar-refractivity contribution is 0.115. The van der Waals surface area contributed by atoms with Gasteiger partial charge in [0, 0.05) is 11.1 Å². The minimum Gasteiger partial charge on any atom is -0.444 e. The van der Waals surface area contributed by atoms with E-state index in [1.807, 2.05) is 36.4 Å². The van der Waals surface area contributed by atoms with Gasteiger partial charge in [-0.2, -0.15) is 0 Å². The van der Waals surface area contributed by atoms with Gasteiger partial charge in [0.05, 0.1) is 18.8 Å². The maximum absolute atomic E-state index is 9.29. The number of nitrogens with two attached hydrogens (primary N) is 1. The van der Waals surface area contributed by atoms with Gasteiger partial charge in [0.15, 0.2) is 0 Å². The second-order valence-electron chi connectivity index (χ2n) is 7.36. The first-order valence-electron chi connectivity index (χ1n) is 9.71. The standard InChI is InChI=1S/C23H28N2O3.ClH/c1-2-3-17-6-10-20(11-7-17)22-25-21(14-28-22)19-8-4-18(5-9-19)12-13-23(24,15-26)16-27;/h4-11,14,26-27H,2-3,12-13,15-16,24H2,1H3;1H. The highest BCUT2D eigenvalue weighted by atomic mass is 35.5. The number of rotatable bonds is 9. The molecule has 5 nitrogen and oxygen atoms in total. The molecule has 2 aromatic carbocycles. The molecule has 0 spiro atoms. The molecule has 0 saturated carbocycles. The third kappa shape index (κ3) is 5.90. The molecular formula is C23H29ClN2O3. The maximum Gasteiger partial charge on any atom is 0.226 e. The predicted octanol–water partition coefficient (Wildman–Crippen LogP) is 4.00. The molecule has 3 rings (SSSR count). The van der Waals surface area contributed by atoms with Gasteiger partial charge in [-0.25, -0.2) is 4.98 Å². The van der Waals surface area contributed by atoms with Crippen LogP contribution in [0.15, 0.2) is 59.2 Å². The zero-order valence-electron chi connectivity index (χ0n) is 16.7. The van der Waals surface area contributed by atoms with Crippen molar-refractivity contribution in [2.45, 2.75) is 38.1 Å². The third-order valence-electron chi connectivity index (χ3n) is 5.03. The molecule has 1 heterocycles. The van der Waals surface area contributed by atoms with E-state index in [4.69, 9.17) is 10.2 Å². The van der Waals surface area contributed by atoms with Crippen LogP contribution in [0.2, 0.25) is 0 Å². The highest BCUT2D eigenvalue weighted by Crippen LogP contribution is 2.25. The Morgan fingerprint density at radius 3 is 2.00 bits per heavy atom. The SMILES string of the molecule is CCCc1ccc(-c2nc(-c3ccc(CCC(N)(CO)CO)cc3)co2)cc1.Cl. The van der Waals surface area contributed by atoms with Crippen LogP contribution in [-0.2, 0) is 12.8 Å². The van der Waals surface area contributed by atoms with Gasteiger partial charge in [-0.1, -0.05) is 49.7 Å². The van der Waals surface area contributed by atoms with Gasteiger partial charge in [0.1, 0.15) is 12.0 Å². The summed E-state index contributed by atoms with van der Waals surface area (Å²) in [4.78, 5) is 4.62. The Kier molecular flexibility index (Phi) is 8.41. The highest BCUT2D eigenvalue weighted by molar-refractivity contribution is 5.85. The van der Waals surface area contributed by atoms with Crippen molar-refractivity contribution in [2.24, 2.45) is 5.73 Å². The van der Waals surface area contributed by atoms with E-state index in [2.05, 4.69) is 24.0 Å². The van der Waals surface area contributed by atoms with Crippen LogP contribution in [0.1, 0.15) is 30.9 Å². The number of aryl methyl sites for hydroxylation is 2. The minimum atomic E-state index is -0.938. The van der Waals surface area contributed by atoms with E-state index in [1.165, 1.54) is 5.56 Å². The van der Waals surface area contributed by atoms with E-state index < -0.39 is 5.54 Å². The quantitative estimate of drug-likeness (QED) is 0.490. The van der Waals surface area contributed by atoms with Gasteiger partial charge in [-0.3, -0.25) is 0 Å². The largest absolute Gasteiger partial charge is 0.444 e. The van der Waals surface area contributed by atoms with E-state index in [-0.39, 0.29) is 25.6 Å². The van der Waals surface area contributed by atoms with Crippen LogP contribution >= 0.6 is 12.4 Å². The first-order valence-corrected chi connectivity index (χ1v) is 9.71. The number of aromatic nitrogens is 1. The third-order valence-corrected chi connectivity index (χ3v) is 5.03. The molecule has 0 atom stereocenters. The molecule has 6 heteroatoms. The molecule has 0 aliphatic rings. The number of nitrogens with zero attached hydrogens (tertiary/aromatic N) is 1. The highest BCUT2D eigenvalue weighted by Gasteiger charge is 2.22.